The molecule has 0 aliphatic rings. The molecule has 1 atom stereocenters. The highest BCUT2D eigenvalue weighted by atomic mass is 16.5. The number of hydrogen-bond acceptors (Lipinski definition) is 2. The van der Waals surface area contributed by atoms with Crippen LogP contribution in [-0.2, 0) is 9.47 Å². The molecule has 2 heteroatoms. The van der Waals surface area contributed by atoms with Crippen molar-refractivity contribution in [3.05, 3.63) is 0 Å². The Morgan fingerprint density at radius 2 is 1.30 bits per heavy atom. The SMILES string of the molecule is CCCCCCCCC(OC)C(CCC)(CCC)OC. The lowest BCUT2D eigenvalue weighted by Gasteiger charge is -2.39. The van der Waals surface area contributed by atoms with Gasteiger partial charge in [-0.2, -0.15) is 0 Å². The number of unbranched alkanes of at least 4 members (excludes halogenated alkanes) is 5. The maximum atomic E-state index is 5.94. The van der Waals surface area contributed by atoms with E-state index in [0.717, 1.165) is 32.1 Å². The summed E-state index contributed by atoms with van der Waals surface area (Å²) in [4.78, 5) is 0. The van der Waals surface area contributed by atoms with E-state index < -0.39 is 0 Å². The van der Waals surface area contributed by atoms with Crippen LogP contribution in [-0.4, -0.2) is 25.9 Å². The van der Waals surface area contributed by atoms with E-state index in [4.69, 9.17) is 9.47 Å². The standard InChI is InChI=1S/C18H38O2/c1-6-9-10-11-12-13-14-17(19-4)18(20-5,15-7-2)16-8-3/h17H,6-16H2,1-5H3. The lowest BCUT2D eigenvalue weighted by Crippen LogP contribution is -2.45. The van der Waals surface area contributed by atoms with Crippen LogP contribution >= 0.6 is 0 Å². The van der Waals surface area contributed by atoms with Gasteiger partial charge in [-0.25, -0.2) is 0 Å². The van der Waals surface area contributed by atoms with Crippen molar-refractivity contribution in [1.82, 2.24) is 0 Å². The molecule has 0 radical (unpaired) electrons. The Hall–Kier alpha value is -0.0800. The smallest absolute Gasteiger partial charge is 0.0938 e. The monoisotopic (exact) mass is 286 g/mol. The van der Waals surface area contributed by atoms with Gasteiger partial charge in [-0.1, -0.05) is 72.1 Å². The van der Waals surface area contributed by atoms with Gasteiger partial charge in [0, 0.05) is 14.2 Å². The van der Waals surface area contributed by atoms with Crippen molar-refractivity contribution in [3.63, 3.8) is 0 Å². The van der Waals surface area contributed by atoms with E-state index >= 15 is 0 Å². The van der Waals surface area contributed by atoms with Crippen LogP contribution in [0.3, 0.4) is 0 Å². The summed E-state index contributed by atoms with van der Waals surface area (Å²) in [7, 11) is 3.71. The molecule has 0 aromatic carbocycles. The molecule has 0 aromatic rings. The average molecular weight is 286 g/mol. The third-order valence-corrected chi connectivity index (χ3v) is 4.44. The molecule has 122 valence electrons. The summed E-state index contributed by atoms with van der Waals surface area (Å²) in [5, 5.41) is 0. The largest absolute Gasteiger partial charge is 0.378 e. The third-order valence-electron chi connectivity index (χ3n) is 4.44. The highest BCUT2D eigenvalue weighted by molar-refractivity contribution is 4.88. The van der Waals surface area contributed by atoms with E-state index in [1.54, 1.807) is 0 Å². The summed E-state index contributed by atoms with van der Waals surface area (Å²) in [6, 6.07) is 0. The van der Waals surface area contributed by atoms with Crippen molar-refractivity contribution in [2.24, 2.45) is 0 Å². The molecule has 0 heterocycles. The molecular weight excluding hydrogens is 248 g/mol. The van der Waals surface area contributed by atoms with Gasteiger partial charge in [0.2, 0.25) is 0 Å². The van der Waals surface area contributed by atoms with E-state index in [2.05, 4.69) is 20.8 Å². The van der Waals surface area contributed by atoms with Gasteiger partial charge in [0.15, 0.2) is 0 Å². The summed E-state index contributed by atoms with van der Waals surface area (Å²) < 4.78 is 11.8. The van der Waals surface area contributed by atoms with Gasteiger partial charge in [0.25, 0.3) is 0 Å². The zero-order chi connectivity index (χ0) is 15.3. The molecule has 0 aromatic heterocycles. The molecule has 0 aliphatic carbocycles. The average Bonchev–Trinajstić information content (AvgIpc) is 2.46. The van der Waals surface area contributed by atoms with Gasteiger partial charge in [-0.3, -0.25) is 0 Å². The fraction of sp³-hybridized carbons (Fsp3) is 1.00. The first-order valence-corrected chi connectivity index (χ1v) is 8.78. The summed E-state index contributed by atoms with van der Waals surface area (Å²) in [6.07, 6.45) is 13.9. The normalized spacial score (nSPS) is 13.7. The number of hydrogen-bond donors (Lipinski definition) is 0. The molecule has 2 nitrogen and oxygen atoms in total. The Morgan fingerprint density at radius 1 is 0.750 bits per heavy atom. The highest BCUT2D eigenvalue weighted by Crippen LogP contribution is 2.32. The lowest BCUT2D eigenvalue weighted by atomic mass is 9.84. The molecule has 0 bridgehead atoms. The Kier molecular flexibility index (Phi) is 12.6. The zero-order valence-corrected chi connectivity index (χ0v) is 14.7. The van der Waals surface area contributed by atoms with Crippen LogP contribution in [0.2, 0.25) is 0 Å². The van der Waals surface area contributed by atoms with Crippen molar-refractivity contribution in [3.8, 4) is 0 Å². The molecule has 1 unspecified atom stereocenters. The van der Waals surface area contributed by atoms with Gasteiger partial charge in [0.05, 0.1) is 11.7 Å². The van der Waals surface area contributed by atoms with Crippen LogP contribution in [0.1, 0.15) is 91.4 Å². The van der Waals surface area contributed by atoms with E-state index in [1.165, 1.54) is 38.5 Å². The van der Waals surface area contributed by atoms with Crippen molar-refractivity contribution < 1.29 is 9.47 Å². The molecule has 20 heavy (non-hydrogen) atoms. The summed E-state index contributed by atoms with van der Waals surface area (Å²) in [5.74, 6) is 0. The first-order chi connectivity index (χ1) is 9.70. The molecule has 0 fully saturated rings. The maximum Gasteiger partial charge on any atom is 0.0938 e. The van der Waals surface area contributed by atoms with Crippen molar-refractivity contribution in [2.45, 2.75) is 103 Å². The highest BCUT2D eigenvalue weighted by Gasteiger charge is 2.37. The predicted octanol–water partition coefficient (Wildman–Crippen LogP) is 5.74. The molecule has 0 rings (SSSR count). The second kappa shape index (κ2) is 12.6. The van der Waals surface area contributed by atoms with Gasteiger partial charge in [0.1, 0.15) is 0 Å². The molecule has 0 spiro atoms. The minimum Gasteiger partial charge on any atom is -0.378 e. The topological polar surface area (TPSA) is 18.5 Å². The second-order valence-electron chi connectivity index (χ2n) is 6.05. The fourth-order valence-corrected chi connectivity index (χ4v) is 3.33. The quantitative estimate of drug-likeness (QED) is 0.379. The Labute approximate surface area is 127 Å². The van der Waals surface area contributed by atoms with Crippen molar-refractivity contribution in [1.29, 1.82) is 0 Å². The van der Waals surface area contributed by atoms with E-state index in [0.29, 0.717) is 0 Å². The summed E-state index contributed by atoms with van der Waals surface area (Å²) >= 11 is 0. The van der Waals surface area contributed by atoms with Crippen LogP contribution in [0, 0.1) is 0 Å². The van der Waals surface area contributed by atoms with E-state index in [-0.39, 0.29) is 11.7 Å². The van der Waals surface area contributed by atoms with Gasteiger partial charge in [-0.05, 0) is 19.3 Å². The first-order valence-electron chi connectivity index (χ1n) is 8.78. The predicted molar refractivity (Wildman–Crippen MR) is 88.3 cm³/mol. The van der Waals surface area contributed by atoms with Crippen LogP contribution in [0.4, 0.5) is 0 Å². The number of methoxy groups -OCH3 is 2. The van der Waals surface area contributed by atoms with Gasteiger partial charge in [-0.15, -0.1) is 0 Å². The van der Waals surface area contributed by atoms with Crippen LogP contribution in [0.15, 0.2) is 0 Å². The Morgan fingerprint density at radius 3 is 1.75 bits per heavy atom. The number of ether oxygens (including phenoxy) is 2. The summed E-state index contributed by atoms with van der Waals surface area (Å²) in [5.41, 5.74) is -0.0678. The Balaban J connectivity index is 4.28. The molecule has 0 amide bonds. The molecule has 0 N–H and O–H groups in total. The molecular formula is C18H38O2. The van der Waals surface area contributed by atoms with E-state index in [1.807, 2.05) is 14.2 Å². The van der Waals surface area contributed by atoms with Crippen molar-refractivity contribution >= 4 is 0 Å². The minimum atomic E-state index is -0.0678. The Bertz CT molecular complexity index is 198. The lowest BCUT2D eigenvalue weighted by molar-refractivity contribution is -0.130. The van der Waals surface area contributed by atoms with E-state index in [9.17, 15) is 0 Å². The number of rotatable bonds is 14. The van der Waals surface area contributed by atoms with Crippen LogP contribution in [0.5, 0.6) is 0 Å². The fourth-order valence-electron chi connectivity index (χ4n) is 3.33. The van der Waals surface area contributed by atoms with Crippen LogP contribution < -0.4 is 0 Å². The van der Waals surface area contributed by atoms with Gasteiger partial charge >= 0.3 is 0 Å². The summed E-state index contributed by atoms with van der Waals surface area (Å²) in [6.45, 7) is 6.74. The molecule has 0 saturated heterocycles. The maximum absolute atomic E-state index is 5.94. The molecule has 0 aliphatic heterocycles. The minimum absolute atomic E-state index is 0.0678. The third kappa shape index (κ3) is 7.08. The van der Waals surface area contributed by atoms with Crippen molar-refractivity contribution in [2.75, 3.05) is 14.2 Å². The first kappa shape index (κ1) is 19.9. The second-order valence-corrected chi connectivity index (χ2v) is 6.05. The van der Waals surface area contributed by atoms with Crippen LogP contribution in [0.25, 0.3) is 0 Å². The zero-order valence-electron chi connectivity index (χ0n) is 14.7. The molecule has 0 saturated carbocycles. The van der Waals surface area contributed by atoms with Gasteiger partial charge < -0.3 is 9.47 Å².